The predicted molar refractivity (Wildman–Crippen MR) is 143 cm³/mol. The Labute approximate surface area is 222 Å². The molecule has 3 aromatic rings. The highest BCUT2D eigenvalue weighted by Crippen LogP contribution is 2.32. The van der Waals surface area contributed by atoms with Crippen LogP contribution in [0.25, 0.3) is 0 Å². The number of ether oxygens (including phenoxy) is 2. The minimum atomic E-state index is -1.40. The number of carbonyl (C=O) groups excluding carboxylic acids is 2. The van der Waals surface area contributed by atoms with Crippen LogP contribution >= 0.6 is 0 Å². The van der Waals surface area contributed by atoms with E-state index in [1.165, 1.54) is 14.0 Å². The third kappa shape index (κ3) is 6.32. The lowest BCUT2D eigenvalue weighted by Gasteiger charge is -2.25. The highest BCUT2D eigenvalue weighted by Gasteiger charge is 2.45. The van der Waals surface area contributed by atoms with Crippen molar-refractivity contribution in [3.63, 3.8) is 0 Å². The first kappa shape index (κ1) is 26.7. The molecule has 0 unspecified atom stereocenters. The fourth-order valence-corrected chi connectivity index (χ4v) is 4.73. The zero-order valence-corrected chi connectivity index (χ0v) is 21.6. The second-order valence-corrected chi connectivity index (χ2v) is 9.48. The number of aliphatic carboxylic acids is 1. The van der Waals surface area contributed by atoms with Crippen molar-refractivity contribution in [2.75, 3.05) is 20.3 Å². The lowest BCUT2D eigenvalue weighted by molar-refractivity contribution is -0.144. The Morgan fingerprint density at radius 1 is 0.895 bits per heavy atom. The van der Waals surface area contributed by atoms with E-state index in [0.717, 1.165) is 28.7 Å². The molecule has 198 valence electrons. The molecule has 1 aliphatic carbocycles. The quantitative estimate of drug-likeness (QED) is 0.360. The van der Waals surface area contributed by atoms with Crippen LogP contribution in [-0.2, 0) is 35.3 Å². The molecule has 1 aliphatic rings. The molecular weight excluding hydrogens is 484 g/mol. The lowest BCUT2D eigenvalue weighted by Crippen LogP contribution is -2.55. The summed E-state index contributed by atoms with van der Waals surface area (Å²) >= 11 is 0. The van der Waals surface area contributed by atoms with Gasteiger partial charge in [0.05, 0.1) is 13.7 Å². The average Bonchev–Trinajstić information content (AvgIpc) is 3.28. The number of methoxy groups -OCH3 is 1. The normalized spacial score (nSPS) is 13.3. The molecule has 8 heteroatoms. The molecule has 0 saturated heterocycles. The number of rotatable bonds is 11. The van der Waals surface area contributed by atoms with Crippen molar-refractivity contribution < 1.29 is 29.0 Å². The Balaban J connectivity index is 1.41. The minimum absolute atomic E-state index is 0.0501. The molecular formula is C30H32N2O6. The highest BCUT2D eigenvalue weighted by atomic mass is 16.5. The minimum Gasteiger partial charge on any atom is -0.493 e. The molecule has 4 rings (SSSR count). The Morgan fingerprint density at radius 3 is 2.21 bits per heavy atom. The molecule has 0 saturated carbocycles. The average molecular weight is 517 g/mol. The molecule has 0 aromatic heterocycles. The van der Waals surface area contributed by atoms with E-state index < -0.39 is 17.4 Å². The Hall–Kier alpha value is -4.33. The van der Waals surface area contributed by atoms with Crippen LogP contribution in [0.3, 0.4) is 0 Å². The topological polar surface area (TPSA) is 114 Å². The van der Waals surface area contributed by atoms with Gasteiger partial charge in [0.15, 0.2) is 11.5 Å². The van der Waals surface area contributed by atoms with Gasteiger partial charge in [0.25, 0.3) is 5.91 Å². The van der Waals surface area contributed by atoms with Crippen LogP contribution < -0.4 is 20.1 Å². The molecule has 0 aliphatic heterocycles. The number of hydrogen-bond acceptors (Lipinski definition) is 5. The van der Waals surface area contributed by atoms with Crippen LogP contribution in [0.2, 0.25) is 0 Å². The monoisotopic (exact) mass is 516 g/mol. The van der Waals surface area contributed by atoms with Crippen LogP contribution in [0.4, 0.5) is 0 Å². The zero-order chi connectivity index (χ0) is 27.1. The number of hydrogen-bond donors (Lipinski definition) is 3. The van der Waals surface area contributed by atoms with E-state index in [2.05, 4.69) is 16.7 Å². The molecule has 0 fully saturated rings. The van der Waals surface area contributed by atoms with Crippen molar-refractivity contribution >= 4 is 17.8 Å². The third-order valence-corrected chi connectivity index (χ3v) is 6.72. The number of benzene rings is 3. The van der Waals surface area contributed by atoms with E-state index in [9.17, 15) is 19.5 Å². The van der Waals surface area contributed by atoms with Crippen LogP contribution in [0.15, 0.2) is 66.7 Å². The molecule has 38 heavy (non-hydrogen) atoms. The Kier molecular flexibility index (Phi) is 8.31. The van der Waals surface area contributed by atoms with Gasteiger partial charge in [-0.15, -0.1) is 0 Å². The summed E-state index contributed by atoms with van der Waals surface area (Å²) in [6, 6.07) is 20.4. The molecule has 2 amide bonds. The van der Waals surface area contributed by atoms with Gasteiger partial charge < -0.3 is 25.2 Å². The number of amides is 2. The fourth-order valence-electron chi connectivity index (χ4n) is 4.73. The van der Waals surface area contributed by atoms with E-state index in [-0.39, 0.29) is 24.3 Å². The van der Waals surface area contributed by atoms with E-state index in [1.54, 1.807) is 18.2 Å². The fraction of sp³-hybridized carbons (Fsp3) is 0.300. The van der Waals surface area contributed by atoms with Crippen molar-refractivity contribution in [2.45, 2.75) is 38.1 Å². The number of carboxylic acids is 1. The van der Waals surface area contributed by atoms with Gasteiger partial charge in [0, 0.05) is 38.3 Å². The van der Waals surface area contributed by atoms with E-state index in [1.807, 2.05) is 42.5 Å². The first-order valence-electron chi connectivity index (χ1n) is 12.6. The van der Waals surface area contributed by atoms with Gasteiger partial charge in [-0.1, -0.05) is 48.5 Å². The van der Waals surface area contributed by atoms with Crippen molar-refractivity contribution in [1.82, 2.24) is 10.6 Å². The predicted octanol–water partition coefficient (Wildman–Crippen LogP) is 3.35. The standard InChI is InChI=1S/C30H32N2O6/c1-20(33)31-14-12-21-6-5-7-22(16-21)13-15-38-27-17-23(10-11-26(27)37-2)28(34)32-30(29(35)36)18-24-8-3-4-9-25(24)19-30/h3-11,16-17H,12-15,18-19H2,1-2H3,(H,31,33)(H,32,34)(H,35,36). The van der Waals surface area contributed by atoms with Gasteiger partial charge >= 0.3 is 5.97 Å². The molecule has 0 heterocycles. The van der Waals surface area contributed by atoms with Crippen molar-refractivity contribution in [2.24, 2.45) is 0 Å². The van der Waals surface area contributed by atoms with Gasteiger partial charge in [-0.25, -0.2) is 4.79 Å². The molecule has 0 bridgehead atoms. The molecule has 3 N–H and O–H groups in total. The van der Waals surface area contributed by atoms with Gasteiger partial charge in [0.2, 0.25) is 5.91 Å². The van der Waals surface area contributed by atoms with Crippen molar-refractivity contribution in [3.05, 3.63) is 94.5 Å². The number of carbonyl (C=O) groups is 3. The number of fused-ring (bicyclic) bond motifs is 1. The maximum Gasteiger partial charge on any atom is 0.330 e. The van der Waals surface area contributed by atoms with Crippen molar-refractivity contribution in [3.8, 4) is 11.5 Å². The summed E-state index contributed by atoms with van der Waals surface area (Å²) in [4.78, 5) is 36.5. The summed E-state index contributed by atoms with van der Waals surface area (Å²) in [6.07, 6.45) is 1.83. The van der Waals surface area contributed by atoms with Crippen LogP contribution in [0.5, 0.6) is 11.5 Å². The second kappa shape index (κ2) is 11.8. The van der Waals surface area contributed by atoms with Crippen molar-refractivity contribution in [1.29, 1.82) is 0 Å². The molecule has 3 aromatic carbocycles. The maximum absolute atomic E-state index is 13.2. The summed E-state index contributed by atoms with van der Waals surface area (Å²) < 4.78 is 11.4. The smallest absolute Gasteiger partial charge is 0.330 e. The first-order chi connectivity index (χ1) is 18.3. The summed E-state index contributed by atoms with van der Waals surface area (Å²) in [6.45, 7) is 2.43. The zero-order valence-electron chi connectivity index (χ0n) is 21.6. The summed E-state index contributed by atoms with van der Waals surface area (Å²) in [7, 11) is 1.52. The SMILES string of the molecule is COc1ccc(C(=O)NC2(C(=O)O)Cc3ccccc3C2)cc1OCCc1cccc(CCNC(C)=O)c1. The number of carboxylic acid groups (broad SMARTS) is 1. The van der Waals surface area contributed by atoms with Crippen LogP contribution in [0.1, 0.15) is 39.5 Å². The Bertz CT molecular complexity index is 1310. The molecule has 0 radical (unpaired) electrons. The largest absolute Gasteiger partial charge is 0.493 e. The molecule has 8 nitrogen and oxygen atoms in total. The third-order valence-electron chi connectivity index (χ3n) is 6.72. The number of nitrogens with one attached hydrogen (secondary N) is 2. The molecule has 0 atom stereocenters. The van der Waals surface area contributed by atoms with Crippen LogP contribution in [0, 0.1) is 0 Å². The van der Waals surface area contributed by atoms with E-state index in [0.29, 0.717) is 31.1 Å². The van der Waals surface area contributed by atoms with Gasteiger partial charge in [-0.2, -0.15) is 0 Å². The van der Waals surface area contributed by atoms with Gasteiger partial charge in [-0.3, -0.25) is 9.59 Å². The lowest BCUT2D eigenvalue weighted by atomic mass is 9.95. The second-order valence-electron chi connectivity index (χ2n) is 9.48. The Morgan fingerprint density at radius 2 is 1.58 bits per heavy atom. The summed E-state index contributed by atoms with van der Waals surface area (Å²) in [5.41, 5.74) is 2.95. The summed E-state index contributed by atoms with van der Waals surface area (Å²) in [5, 5.41) is 15.6. The summed E-state index contributed by atoms with van der Waals surface area (Å²) in [5.74, 6) is -0.718. The van der Waals surface area contributed by atoms with Crippen LogP contribution in [-0.4, -0.2) is 48.7 Å². The van der Waals surface area contributed by atoms with E-state index in [4.69, 9.17) is 9.47 Å². The maximum atomic E-state index is 13.2. The van der Waals surface area contributed by atoms with Gasteiger partial charge in [0.1, 0.15) is 5.54 Å². The molecule has 0 spiro atoms. The first-order valence-corrected chi connectivity index (χ1v) is 12.6. The van der Waals surface area contributed by atoms with Gasteiger partial charge in [-0.05, 0) is 46.9 Å². The highest BCUT2D eigenvalue weighted by molar-refractivity contribution is 5.99. The van der Waals surface area contributed by atoms with E-state index >= 15 is 0 Å².